The number of aromatic nitrogens is 2. The predicted molar refractivity (Wildman–Crippen MR) is 61.2 cm³/mol. The van der Waals surface area contributed by atoms with Crippen LogP contribution in [0.4, 0.5) is 17.6 Å². The van der Waals surface area contributed by atoms with Gasteiger partial charge in [-0.3, -0.25) is 0 Å². The van der Waals surface area contributed by atoms with E-state index in [2.05, 4.69) is 23.5 Å². The largest absolute Gasteiger partial charge is 0.743 e. The Bertz CT molecular complexity index is 502. The van der Waals surface area contributed by atoms with Crippen molar-refractivity contribution in [2.75, 3.05) is 0 Å². The maximum atomic E-state index is 11.4. The summed E-state index contributed by atoms with van der Waals surface area (Å²) in [4.78, 5) is 3.20. The smallest absolute Gasteiger partial charge is 0.393 e. The van der Waals surface area contributed by atoms with Gasteiger partial charge in [0.15, 0.2) is 10.1 Å². The Kier molecular flexibility index (Phi) is 7.14. The van der Waals surface area contributed by atoms with Gasteiger partial charge in [-0.15, -0.1) is 0 Å². The molecule has 10 heteroatoms. The van der Waals surface area contributed by atoms with E-state index in [1.165, 1.54) is 25.1 Å². The monoisotopic (exact) mass is 320 g/mol. The van der Waals surface area contributed by atoms with E-state index in [9.17, 15) is 30.5 Å². The van der Waals surface area contributed by atoms with Crippen LogP contribution in [0.5, 0.6) is 0 Å². The molecule has 118 valence electrons. The molecule has 1 heterocycles. The number of H-pyrrole nitrogens is 1. The standard InChI is InChI=1S/C8H14N2.C2H2F4O3S/c1-3-4-5-8-9-6-7-10(8)2;3-1(4)2(5,6)10(7,8)9/h6-7H,3-5H2,1-2H3;1H,(H,7,8,9). The third-order valence-electron chi connectivity index (χ3n) is 2.33. The molecule has 0 radical (unpaired) electrons. The van der Waals surface area contributed by atoms with Gasteiger partial charge in [-0.2, -0.15) is 8.78 Å². The summed E-state index contributed by atoms with van der Waals surface area (Å²) in [6, 6.07) is 0. The van der Waals surface area contributed by atoms with E-state index in [0.29, 0.717) is 0 Å². The molecule has 0 fully saturated rings. The molecular weight excluding hydrogens is 304 g/mol. The second-order valence-corrected chi connectivity index (χ2v) is 5.39. The van der Waals surface area contributed by atoms with E-state index in [1.807, 2.05) is 12.4 Å². The minimum atomic E-state index is -6.23. The van der Waals surface area contributed by atoms with Gasteiger partial charge in [-0.05, 0) is 6.42 Å². The molecule has 0 saturated heterocycles. The molecule has 1 aromatic heterocycles. The van der Waals surface area contributed by atoms with E-state index >= 15 is 0 Å². The van der Waals surface area contributed by atoms with Crippen molar-refractivity contribution in [3.05, 3.63) is 18.2 Å². The lowest BCUT2D eigenvalue weighted by Crippen LogP contribution is -2.36. The number of unbranched alkanes of at least 4 members (excludes halogenated alkanes) is 1. The van der Waals surface area contributed by atoms with Crippen molar-refractivity contribution in [1.29, 1.82) is 0 Å². The second kappa shape index (κ2) is 7.58. The number of rotatable bonds is 5. The molecule has 0 spiro atoms. The van der Waals surface area contributed by atoms with E-state index in [4.69, 9.17) is 0 Å². The van der Waals surface area contributed by atoms with Crippen LogP contribution < -0.4 is 4.57 Å². The number of alkyl halides is 4. The summed E-state index contributed by atoms with van der Waals surface area (Å²) < 4.78 is 74.8. The van der Waals surface area contributed by atoms with Crippen LogP contribution in [0, 0.1) is 0 Å². The molecule has 0 aliphatic carbocycles. The number of hydrogen-bond acceptors (Lipinski definition) is 3. The summed E-state index contributed by atoms with van der Waals surface area (Å²) >= 11 is 0. The van der Waals surface area contributed by atoms with Gasteiger partial charge < -0.3 is 4.55 Å². The topological polar surface area (TPSA) is 76.9 Å². The Labute approximate surface area is 114 Å². The van der Waals surface area contributed by atoms with E-state index < -0.39 is 21.8 Å². The van der Waals surface area contributed by atoms with Gasteiger partial charge in [-0.25, -0.2) is 26.7 Å². The summed E-state index contributed by atoms with van der Waals surface area (Å²) in [5.74, 6) is 1.32. The Morgan fingerprint density at radius 2 is 2.00 bits per heavy atom. The minimum absolute atomic E-state index is 1.17. The first kappa shape index (κ1) is 18.8. The zero-order valence-electron chi connectivity index (χ0n) is 10.9. The molecule has 1 aromatic rings. The fourth-order valence-corrected chi connectivity index (χ4v) is 1.36. The molecule has 0 aliphatic rings. The van der Waals surface area contributed by atoms with E-state index in [1.54, 1.807) is 0 Å². The average molecular weight is 320 g/mol. The maximum Gasteiger partial charge on any atom is 0.393 e. The summed E-state index contributed by atoms with van der Waals surface area (Å²) in [6.45, 7) is 2.21. The van der Waals surface area contributed by atoms with E-state index in [-0.39, 0.29) is 0 Å². The summed E-state index contributed by atoms with van der Waals surface area (Å²) in [7, 11) is -4.16. The van der Waals surface area contributed by atoms with Crippen molar-refractivity contribution >= 4 is 10.1 Å². The maximum absolute atomic E-state index is 11.4. The van der Waals surface area contributed by atoms with Crippen molar-refractivity contribution in [3.63, 3.8) is 0 Å². The van der Waals surface area contributed by atoms with Crippen LogP contribution in [0.15, 0.2) is 12.4 Å². The highest BCUT2D eigenvalue weighted by Crippen LogP contribution is 2.27. The highest BCUT2D eigenvalue weighted by molar-refractivity contribution is 7.86. The third kappa shape index (κ3) is 5.45. The number of hydrogen-bond donors (Lipinski definition) is 1. The first-order valence-electron chi connectivity index (χ1n) is 5.67. The molecule has 0 saturated carbocycles. The zero-order valence-corrected chi connectivity index (χ0v) is 11.8. The predicted octanol–water partition coefficient (Wildman–Crippen LogP) is 1.57. The van der Waals surface area contributed by atoms with Crippen LogP contribution in [0.1, 0.15) is 25.6 Å². The summed E-state index contributed by atoms with van der Waals surface area (Å²) in [5.41, 5.74) is 0. The molecule has 5 nitrogen and oxygen atoms in total. The molecule has 1 N–H and O–H groups in total. The van der Waals surface area contributed by atoms with Crippen molar-refractivity contribution in [2.45, 2.75) is 37.9 Å². The molecule has 0 bridgehead atoms. The fraction of sp³-hybridized carbons (Fsp3) is 0.700. The van der Waals surface area contributed by atoms with Crippen LogP contribution in [-0.4, -0.2) is 29.6 Å². The Morgan fingerprint density at radius 3 is 2.25 bits per heavy atom. The highest BCUT2D eigenvalue weighted by Gasteiger charge is 2.48. The first-order valence-corrected chi connectivity index (χ1v) is 7.08. The average Bonchev–Trinajstić information content (AvgIpc) is 2.71. The number of halogens is 4. The van der Waals surface area contributed by atoms with E-state index in [0.717, 1.165) is 0 Å². The molecule has 0 aromatic carbocycles. The van der Waals surface area contributed by atoms with Gasteiger partial charge >= 0.3 is 11.7 Å². The normalized spacial score (nSPS) is 12.2. The molecule has 1 rings (SSSR count). The lowest BCUT2D eigenvalue weighted by molar-refractivity contribution is -0.677. The van der Waals surface area contributed by atoms with Crippen LogP contribution >= 0.6 is 0 Å². The minimum Gasteiger partial charge on any atom is -0.743 e. The van der Waals surface area contributed by atoms with Crippen LogP contribution in [0.25, 0.3) is 0 Å². The van der Waals surface area contributed by atoms with Gasteiger partial charge in [0.1, 0.15) is 12.4 Å². The quantitative estimate of drug-likeness (QED) is 0.508. The number of nitrogens with one attached hydrogen (secondary N) is 1. The van der Waals surface area contributed by atoms with Crippen molar-refractivity contribution in [2.24, 2.45) is 7.05 Å². The summed E-state index contributed by atoms with van der Waals surface area (Å²) in [6.07, 6.45) is 3.25. The van der Waals surface area contributed by atoms with Gasteiger partial charge in [0, 0.05) is 6.42 Å². The van der Waals surface area contributed by atoms with Gasteiger partial charge in [0.05, 0.1) is 7.05 Å². The zero-order chi connectivity index (χ0) is 16.0. The Hall–Kier alpha value is -1.16. The van der Waals surface area contributed by atoms with Gasteiger partial charge in [0.2, 0.25) is 0 Å². The molecule has 0 amide bonds. The van der Waals surface area contributed by atoms with Gasteiger partial charge in [-0.1, -0.05) is 13.3 Å². The number of nitrogens with zero attached hydrogens (tertiary/aromatic N) is 1. The Balaban J connectivity index is 0.000000361. The second-order valence-electron chi connectivity index (χ2n) is 3.94. The highest BCUT2D eigenvalue weighted by atomic mass is 32.2. The number of aromatic amines is 1. The SMILES string of the molecule is CCCCc1[nH]cc[n+]1C.O=S(=O)([O-])C(F)(F)C(F)F. The first-order chi connectivity index (χ1) is 9.04. The number of aryl methyl sites for hydroxylation is 2. The van der Waals surface area contributed by atoms with Crippen molar-refractivity contribution in [3.8, 4) is 0 Å². The van der Waals surface area contributed by atoms with Crippen molar-refractivity contribution in [1.82, 2.24) is 4.98 Å². The van der Waals surface area contributed by atoms with Crippen LogP contribution in [0.2, 0.25) is 0 Å². The van der Waals surface area contributed by atoms with Crippen molar-refractivity contribution < 1.29 is 35.1 Å². The molecule has 20 heavy (non-hydrogen) atoms. The van der Waals surface area contributed by atoms with Gasteiger partial charge in [0.25, 0.3) is 5.82 Å². The lowest BCUT2D eigenvalue weighted by Gasteiger charge is -2.17. The lowest BCUT2D eigenvalue weighted by atomic mass is 10.2. The van der Waals surface area contributed by atoms with Crippen LogP contribution in [0.3, 0.4) is 0 Å². The number of imidazole rings is 1. The fourth-order valence-electron chi connectivity index (χ4n) is 1.14. The molecular formula is C10H16F4N2O3S. The van der Waals surface area contributed by atoms with Crippen LogP contribution in [-0.2, 0) is 23.6 Å². The molecule has 0 aliphatic heterocycles. The molecule has 0 atom stereocenters. The summed E-state index contributed by atoms with van der Waals surface area (Å²) in [5, 5.41) is -5.48. The Morgan fingerprint density at radius 1 is 1.45 bits per heavy atom. The molecule has 0 unspecified atom stereocenters. The third-order valence-corrected chi connectivity index (χ3v) is 3.17.